The van der Waals surface area contributed by atoms with Crippen molar-refractivity contribution in [1.82, 2.24) is 0 Å². The van der Waals surface area contributed by atoms with Crippen LogP contribution in [0.1, 0.15) is 18.9 Å². The molecule has 0 radical (unpaired) electrons. The molecule has 0 aliphatic heterocycles. The molecule has 0 amide bonds. The third-order valence-electron chi connectivity index (χ3n) is 1.77. The number of rotatable bonds is 3. The summed E-state index contributed by atoms with van der Waals surface area (Å²) in [4.78, 5) is 0. The first-order valence-corrected chi connectivity index (χ1v) is 4.70. The number of ether oxygens (including phenoxy) is 1. The predicted molar refractivity (Wildman–Crippen MR) is 54.5 cm³/mol. The summed E-state index contributed by atoms with van der Waals surface area (Å²) in [5, 5.41) is 0. The molecule has 0 aliphatic carbocycles. The molecule has 15 heavy (non-hydrogen) atoms. The van der Waals surface area contributed by atoms with Gasteiger partial charge in [0.15, 0.2) is 0 Å². The zero-order valence-electron chi connectivity index (χ0n) is 8.47. The molecule has 0 atom stereocenters. The SMILES string of the molecule is CCC(F)(F)OCC#Cc1ccccc1. The predicted octanol–water partition coefficient (Wildman–Crippen LogP) is 3.06. The van der Waals surface area contributed by atoms with Crippen molar-refractivity contribution in [2.45, 2.75) is 19.5 Å². The quantitative estimate of drug-likeness (QED) is 0.697. The van der Waals surface area contributed by atoms with E-state index in [1.165, 1.54) is 6.92 Å². The molecule has 0 heterocycles. The number of benzene rings is 1. The number of hydrogen-bond donors (Lipinski definition) is 0. The van der Waals surface area contributed by atoms with Crippen molar-refractivity contribution in [1.29, 1.82) is 0 Å². The Labute approximate surface area is 88.1 Å². The molecule has 0 unspecified atom stereocenters. The number of alkyl halides is 2. The Morgan fingerprint density at radius 3 is 2.53 bits per heavy atom. The molecule has 0 aliphatic rings. The van der Waals surface area contributed by atoms with Crippen molar-refractivity contribution >= 4 is 0 Å². The van der Waals surface area contributed by atoms with Gasteiger partial charge in [0.2, 0.25) is 0 Å². The Kier molecular flexibility index (Phi) is 4.26. The lowest BCUT2D eigenvalue weighted by Gasteiger charge is -2.11. The molecule has 0 fully saturated rings. The van der Waals surface area contributed by atoms with Crippen LogP contribution in [0.4, 0.5) is 8.78 Å². The lowest BCUT2D eigenvalue weighted by atomic mass is 10.2. The molecule has 0 spiro atoms. The second-order valence-electron chi connectivity index (χ2n) is 2.95. The van der Waals surface area contributed by atoms with Crippen LogP contribution in [0, 0.1) is 11.8 Å². The fraction of sp³-hybridized carbons (Fsp3) is 0.333. The molecule has 80 valence electrons. The van der Waals surface area contributed by atoms with Crippen LogP contribution in [-0.4, -0.2) is 12.7 Å². The van der Waals surface area contributed by atoms with E-state index in [1.54, 1.807) is 0 Å². The van der Waals surface area contributed by atoms with E-state index in [9.17, 15) is 8.78 Å². The van der Waals surface area contributed by atoms with E-state index < -0.39 is 6.11 Å². The van der Waals surface area contributed by atoms with E-state index >= 15 is 0 Å². The van der Waals surface area contributed by atoms with Crippen molar-refractivity contribution in [3.63, 3.8) is 0 Å². The smallest absolute Gasteiger partial charge is 0.307 e. The highest BCUT2D eigenvalue weighted by atomic mass is 19.3. The first-order valence-electron chi connectivity index (χ1n) is 4.70. The van der Waals surface area contributed by atoms with Gasteiger partial charge in [0.05, 0.1) is 0 Å². The minimum Gasteiger partial charge on any atom is -0.307 e. The van der Waals surface area contributed by atoms with Gasteiger partial charge in [-0.15, -0.1) is 0 Å². The molecule has 0 saturated carbocycles. The topological polar surface area (TPSA) is 9.23 Å². The van der Waals surface area contributed by atoms with Gasteiger partial charge >= 0.3 is 6.11 Å². The average Bonchev–Trinajstić information content (AvgIpc) is 2.26. The molecule has 1 rings (SSSR count). The fourth-order valence-corrected chi connectivity index (χ4v) is 0.903. The van der Waals surface area contributed by atoms with Gasteiger partial charge in [-0.05, 0) is 12.1 Å². The molecule has 0 N–H and O–H groups in total. The molecule has 0 bridgehead atoms. The van der Waals surface area contributed by atoms with Crippen LogP contribution in [0.3, 0.4) is 0 Å². The molecular weight excluding hydrogens is 198 g/mol. The summed E-state index contributed by atoms with van der Waals surface area (Å²) in [6, 6.07) is 9.17. The first-order chi connectivity index (χ1) is 7.14. The van der Waals surface area contributed by atoms with Crippen LogP contribution < -0.4 is 0 Å². The minimum atomic E-state index is -3.06. The maximum absolute atomic E-state index is 12.6. The molecule has 0 saturated heterocycles. The lowest BCUT2D eigenvalue weighted by molar-refractivity contribution is -0.231. The minimum absolute atomic E-state index is 0.254. The Morgan fingerprint density at radius 1 is 1.27 bits per heavy atom. The molecule has 1 nitrogen and oxygen atoms in total. The van der Waals surface area contributed by atoms with Crippen LogP contribution in [-0.2, 0) is 4.74 Å². The first kappa shape index (κ1) is 11.7. The Hall–Kier alpha value is -1.40. The normalized spacial score (nSPS) is 10.6. The lowest BCUT2D eigenvalue weighted by Crippen LogP contribution is -2.19. The van der Waals surface area contributed by atoms with Crippen molar-refractivity contribution in [3.8, 4) is 11.8 Å². The van der Waals surface area contributed by atoms with Crippen molar-refractivity contribution in [3.05, 3.63) is 35.9 Å². The van der Waals surface area contributed by atoms with E-state index in [4.69, 9.17) is 0 Å². The van der Waals surface area contributed by atoms with Gasteiger partial charge in [-0.3, -0.25) is 0 Å². The molecule has 1 aromatic carbocycles. The Bertz CT molecular complexity index is 349. The summed E-state index contributed by atoms with van der Waals surface area (Å²) in [5.74, 6) is 5.27. The summed E-state index contributed by atoms with van der Waals surface area (Å²) < 4.78 is 29.5. The summed E-state index contributed by atoms with van der Waals surface area (Å²) >= 11 is 0. The zero-order valence-corrected chi connectivity index (χ0v) is 8.47. The maximum atomic E-state index is 12.6. The Morgan fingerprint density at radius 2 is 1.93 bits per heavy atom. The number of hydrogen-bond acceptors (Lipinski definition) is 1. The maximum Gasteiger partial charge on any atom is 0.356 e. The molecule has 1 aromatic rings. The molecule has 3 heteroatoms. The van der Waals surface area contributed by atoms with Gasteiger partial charge < -0.3 is 4.74 Å². The number of halogens is 2. The third kappa shape index (κ3) is 4.57. The average molecular weight is 210 g/mol. The van der Waals surface area contributed by atoms with Crippen LogP contribution in [0.2, 0.25) is 0 Å². The summed E-state index contributed by atoms with van der Waals surface area (Å²) in [6.07, 6.45) is -3.40. The van der Waals surface area contributed by atoms with Crippen LogP contribution in [0.5, 0.6) is 0 Å². The van der Waals surface area contributed by atoms with E-state index in [0.717, 1.165) is 5.56 Å². The van der Waals surface area contributed by atoms with Crippen LogP contribution in [0.25, 0.3) is 0 Å². The largest absolute Gasteiger partial charge is 0.356 e. The standard InChI is InChI=1S/C12H12F2O/c1-2-12(13,14)15-10-6-9-11-7-4-3-5-8-11/h3-5,7-8H,2,10H2,1H3. The highest BCUT2D eigenvalue weighted by Crippen LogP contribution is 2.18. The van der Waals surface area contributed by atoms with Gasteiger partial charge in [-0.1, -0.05) is 37.0 Å². The monoisotopic (exact) mass is 210 g/mol. The second kappa shape index (κ2) is 5.47. The van der Waals surface area contributed by atoms with E-state index in [-0.39, 0.29) is 13.0 Å². The molecular formula is C12H12F2O. The van der Waals surface area contributed by atoms with Crippen molar-refractivity contribution < 1.29 is 13.5 Å². The van der Waals surface area contributed by atoms with Crippen LogP contribution in [0.15, 0.2) is 30.3 Å². The van der Waals surface area contributed by atoms with Gasteiger partial charge in [0.25, 0.3) is 0 Å². The van der Waals surface area contributed by atoms with E-state index in [1.807, 2.05) is 30.3 Å². The van der Waals surface area contributed by atoms with E-state index in [0.29, 0.717) is 0 Å². The summed E-state index contributed by atoms with van der Waals surface area (Å²) in [6.45, 7) is 1.11. The van der Waals surface area contributed by atoms with Crippen molar-refractivity contribution in [2.75, 3.05) is 6.61 Å². The Balaban J connectivity index is 2.42. The summed E-state index contributed by atoms with van der Waals surface area (Å²) in [7, 11) is 0. The highest BCUT2D eigenvalue weighted by molar-refractivity contribution is 5.33. The highest BCUT2D eigenvalue weighted by Gasteiger charge is 2.26. The second-order valence-corrected chi connectivity index (χ2v) is 2.95. The van der Waals surface area contributed by atoms with Gasteiger partial charge in [-0.25, -0.2) is 0 Å². The van der Waals surface area contributed by atoms with Gasteiger partial charge in [0, 0.05) is 12.0 Å². The van der Waals surface area contributed by atoms with Crippen molar-refractivity contribution in [2.24, 2.45) is 0 Å². The van der Waals surface area contributed by atoms with Gasteiger partial charge in [0.1, 0.15) is 6.61 Å². The van der Waals surface area contributed by atoms with E-state index in [2.05, 4.69) is 16.6 Å². The zero-order chi connectivity index (χ0) is 11.1. The summed E-state index contributed by atoms with van der Waals surface area (Å²) in [5.41, 5.74) is 0.793. The molecule has 0 aromatic heterocycles. The fourth-order valence-electron chi connectivity index (χ4n) is 0.903. The van der Waals surface area contributed by atoms with Gasteiger partial charge in [-0.2, -0.15) is 8.78 Å². The van der Waals surface area contributed by atoms with Crippen LogP contribution >= 0.6 is 0 Å². The third-order valence-corrected chi connectivity index (χ3v) is 1.77.